The van der Waals surface area contributed by atoms with Gasteiger partial charge in [0.25, 0.3) is 0 Å². The number of nitrogen functional groups attached to an aromatic ring is 1. The lowest BCUT2D eigenvalue weighted by molar-refractivity contribution is 0.210. The molecular formula is C11H21N5. The SMILES string of the molecule is Cc1cc(NCC(C)(C)N(C)C)nc(N)n1. The van der Waals surface area contributed by atoms with E-state index in [1.807, 2.05) is 13.0 Å². The van der Waals surface area contributed by atoms with E-state index in [1.165, 1.54) is 0 Å². The van der Waals surface area contributed by atoms with Gasteiger partial charge in [0, 0.05) is 23.8 Å². The summed E-state index contributed by atoms with van der Waals surface area (Å²) in [6.45, 7) is 7.03. The van der Waals surface area contributed by atoms with Gasteiger partial charge in [-0.25, -0.2) is 4.98 Å². The molecule has 16 heavy (non-hydrogen) atoms. The van der Waals surface area contributed by atoms with Gasteiger partial charge >= 0.3 is 0 Å². The van der Waals surface area contributed by atoms with Crippen LogP contribution in [0, 0.1) is 6.92 Å². The predicted octanol–water partition coefficient (Wildman–Crippen LogP) is 1.12. The van der Waals surface area contributed by atoms with Crippen LogP contribution in [0.15, 0.2) is 6.07 Å². The molecule has 5 nitrogen and oxygen atoms in total. The zero-order valence-corrected chi connectivity index (χ0v) is 10.7. The second kappa shape index (κ2) is 4.65. The van der Waals surface area contributed by atoms with E-state index in [0.29, 0.717) is 5.95 Å². The van der Waals surface area contributed by atoms with E-state index < -0.39 is 0 Å². The Bertz CT molecular complexity index is 339. The van der Waals surface area contributed by atoms with Gasteiger partial charge in [-0.2, -0.15) is 4.98 Å². The molecule has 1 aromatic heterocycles. The smallest absolute Gasteiger partial charge is 0.222 e. The van der Waals surface area contributed by atoms with Crippen LogP contribution < -0.4 is 11.1 Å². The maximum atomic E-state index is 5.59. The lowest BCUT2D eigenvalue weighted by Gasteiger charge is -2.32. The first-order chi connectivity index (χ1) is 7.31. The molecule has 0 saturated carbocycles. The van der Waals surface area contributed by atoms with Crippen LogP contribution in [0.4, 0.5) is 11.8 Å². The summed E-state index contributed by atoms with van der Waals surface area (Å²) in [5.74, 6) is 1.09. The van der Waals surface area contributed by atoms with Crippen molar-refractivity contribution in [2.24, 2.45) is 0 Å². The van der Waals surface area contributed by atoms with Crippen LogP contribution in [-0.4, -0.2) is 41.0 Å². The molecule has 0 saturated heterocycles. The maximum Gasteiger partial charge on any atom is 0.222 e. The summed E-state index contributed by atoms with van der Waals surface area (Å²) in [5, 5.41) is 3.28. The van der Waals surface area contributed by atoms with E-state index in [4.69, 9.17) is 5.73 Å². The minimum absolute atomic E-state index is 0.0631. The molecule has 0 spiro atoms. The first kappa shape index (κ1) is 12.7. The van der Waals surface area contributed by atoms with Crippen molar-refractivity contribution in [3.05, 3.63) is 11.8 Å². The normalized spacial score (nSPS) is 11.9. The van der Waals surface area contributed by atoms with Crippen molar-refractivity contribution in [1.82, 2.24) is 14.9 Å². The molecule has 0 atom stereocenters. The number of hydrogen-bond acceptors (Lipinski definition) is 5. The molecule has 0 fully saturated rings. The monoisotopic (exact) mass is 223 g/mol. The van der Waals surface area contributed by atoms with Gasteiger partial charge in [-0.05, 0) is 34.9 Å². The highest BCUT2D eigenvalue weighted by atomic mass is 15.2. The van der Waals surface area contributed by atoms with Crippen LogP contribution in [-0.2, 0) is 0 Å². The Kier molecular flexibility index (Phi) is 3.70. The standard InChI is InChI=1S/C11H21N5/c1-8-6-9(15-10(12)14-8)13-7-11(2,3)16(4)5/h6H,7H2,1-5H3,(H3,12,13,14,15). The molecule has 0 aromatic carbocycles. The summed E-state index contributed by atoms with van der Waals surface area (Å²) < 4.78 is 0. The van der Waals surface area contributed by atoms with Crippen molar-refractivity contribution < 1.29 is 0 Å². The fraction of sp³-hybridized carbons (Fsp3) is 0.636. The van der Waals surface area contributed by atoms with Gasteiger partial charge in [0.05, 0.1) is 0 Å². The number of hydrogen-bond donors (Lipinski definition) is 2. The van der Waals surface area contributed by atoms with Crippen molar-refractivity contribution in [3.63, 3.8) is 0 Å². The Morgan fingerprint density at radius 1 is 1.38 bits per heavy atom. The van der Waals surface area contributed by atoms with Crippen molar-refractivity contribution >= 4 is 11.8 Å². The minimum Gasteiger partial charge on any atom is -0.368 e. The molecule has 1 rings (SSSR count). The van der Waals surface area contributed by atoms with Crippen LogP contribution in [0.25, 0.3) is 0 Å². The van der Waals surface area contributed by atoms with Gasteiger partial charge in [0.1, 0.15) is 5.82 Å². The lowest BCUT2D eigenvalue weighted by Crippen LogP contribution is -2.44. The molecule has 1 aromatic rings. The molecule has 0 aliphatic carbocycles. The molecule has 3 N–H and O–H groups in total. The highest BCUT2D eigenvalue weighted by Crippen LogP contribution is 2.13. The van der Waals surface area contributed by atoms with Crippen LogP contribution in [0.1, 0.15) is 19.5 Å². The maximum absolute atomic E-state index is 5.59. The fourth-order valence-electron chi connectivity index (χ4n) is 1.15. The summed E-state index contributed by atoms with van der Waals surface area (Å²) in [7, 11) is 4.11. The van der Waals surface area contributed by atoms with Gasteiger partial charge in [-0.3, -0.25) is 0 Å². The topological polar surface area (TPSA) is 67.1 Å². The number of aromatic nitrogens is 2. The zero-order chi connectivity index (χ0) is 12.3. The van der Waals surface area contributed by atoms with Crippen LogP contribution >= 0.6 is 0 Å². The predicted molar refractivity (Wildman–Crippen MR) is 67.4 cm³/mol. The molecule has 90 valence electrons. The van der Waals surface area contributed by atoms with E-state index in [-0.39, 0.29) is 5.54 Å². The van der Waals surface area contributed by atoms with E-state index in [1.54, 1.807) is 0 Å². The molecule has 0 unspecified atom stereocenters. The summed E-state index contributed by atoms with van der Waals surface area (Å²) in [4.78, 5) is 10.3. The molecule has 0 bridgehead atoms. The van der Waals surface area contributed by atoms with Gasteiger partial charge in [-0.15, -0.1) is 0 Å². The van der Waals surface area contributed by atoms with Crippen molar-refractivity contribution in [3.8, 4) is 0 Å². The average Bonchev–Trinajstić information content (AvgIpc) is 2.13. The summed E-state index contributed by atoms with van der Waals surface area (Å²) >= 11 is 0. The van der Waals surface area contributed by atoms with E-state index in [9.17, 15) is 0 Å². The lowest BCUT2D eigenvalue weighted by atomic mass is 10.0. The molecule has 0 amide bonds. The van der Waals surface area contributed by atoms with Crippen LogP contribution in [0.3, 0.4) is 0 Å². The van der Waals surface area contributed by atoms with Crippen LogP contribution in [0.2, 0.25) is 0 Å². The second-order valence-electron chi connectivity index (χ2n) is 4.81. The molecular weight excluding hydrogens is 202 g/mol. The number of rotatable bonds is 4. The summed E-state index contributed by atoms with van der Waals surface area (Å²) in [6.07, 6.45) is 0. The first-order valence-electron chi connectivity index (χ1n) is 5.34. The largest absolute Gasteiger partial charge is 0.368 e. The zero-order valence-electron chi connectivity index (χ0n) is 10.7. The summed E-state index contributed by atoms with van der Waals surface area (Å²) in [5.41, 5.74) is 6.52. The molecule has 0 aliphatic rings. The number of nitrogens with one attached hydrogen (secondary N) is 1. The van der Waals surface area contributed by atoms with Gasteiger partial charge in [0.15, 0.2) is 0 Å². The molecule has 5 heteroatoms. The van der Waals surface area contributed by atoms with Crippen molar-refractivity contribution in [2.45, 2.75) is 26.3 Å². The van der Waals surface area contributed by atoms with Crippen LogP contribution in [0.5, 0.6) is 0 Å². The minimum atomic E-state index is 0.0631. The Balaban J connectivity index is 2.68. The average molecular weight is 223 g/mol. The summed E-state index contributed by atoms with van der Waals surface area (Å²) in [6, 6.07) is 1.89. The Morgan fingerprint density at radius 3 is 2.50 bits per heavy atom. The van der Waals surface area contributed by atoms with Gasteiger partial charge < -0.3 is 16.0 Å². The van der Waals surface area contributed by atoms with Crippen molar-refractivity contribution in [2.75, 3.05) is 31.7 Å². The molecule has 0 radical (unpaired) electrons. The van der Waals surface area contributed by atoms with E-state index in [0.717, 1.165) is 18.1 Å². The van der Waals surface area contributed by atoms with Gasteiger partial charge in [-0.1, -0.05) is 0 Å². The van der Waals surface area contributed by atoms with E-state index >= 15 is 0 Å². The quantitative estimate of drug-likeness (QED) is 0.800. The van der Waals surface area contributed by atoms with E-state index in [2.05, 4.69) is 48.1 Å². The number of nitrogens with zero attached hydrogens (tertiary/aromatic N) is 3. The first-order valence-corrected chi connectivity index (χ1v) is 5.34. The molecule has 0 aliphatic heterocycles. The number of nitrogens with two attached hydrogens (primary N) is 1. The second-order valence-corrected chi connectivity index (χ2v) is 4.81. The highest BCUT2D eigenvalue weighted by Gasteiger charge is 2.20. The number of aryl methyl sites for hydroxylation is 1. The third kappa shape index (κ3) is 3.34. The number of anilines is 2. The highest BCUT2D eigenvalue weighted by molar-refractivity contribution is 5.40. The molecule has 1 heterocycles. The Hall–Kier alpha value is -1.36. The third-order valence-corrected chi connectivity index (χ3v) is 2.78. The fourth-order valence-corrected chi connectivity index (χ4v) is 1.15. The van der Waals surface area contributed by atoms with Crippen molar-refractivity contribution in [1.29, 1.82) is 0 Å². The van der Waals surface area contributed by atoms with Gasteiger partial charge in [0.2, 0.25) is 5.95 Å². The third-order valence-electron chi connectivity index (χ3n) is 2.78. The Labute approximate surface area is 97.1 Å². The number of likely N-dealkylation sites (N-methyl/N-ethyl adjacent to an activating group) is 1. The Morgan fingerprint density at radius 2 is 2.00 bits per heavy atom.